The minimum Gasteiger partial charge on any atom is -0.354 e. The van der Waals surface area contributed by atoms with Gasteiger partial charge in [-0.2, -0.15) is 0 Å². The van der Waals surface area contributed by atoms with Crippen LogP contribution in [0.4, 0.5) is 0 Å². The van der Waals surface area contributed by atoms with Crippen LogP contribution in [0.15, 0.2) is 12.3 Å². The Kier molecular flexibility index (Phi) is 6.54. The summed E-state index contributed by atoms with van der Waals surface area (Å²) < 4.78 is 0. The molecule has 0 radical (unpaired) electrons. The molecular formula is C18H27N3O2S. The van der Waals surface area contributed by atoms with Gasteiger partial charge in [-0.05, 0) is 18.9 Å². The number of hydrogen-bond donors (Lipinski definition) is 2. The van der Waals surface area contributed by atoms with Crippen molar-refractivity contribution in [3.63, 3.8) is 0 Å². The number of carbonyl (C=O) groups excluding carboxylic acids is 2. The monoisotopic (exact) mass is 349 g/mol. The number of aromatic nitrogens is 1. The lowest BCUT2D eigenvalue weighted by molar-refractivity contribution is -0.125. The quantitative estimate of drug-likeness (QED) is 0.613. The second kappa shape index (κ2) is 8.42. The lowest BCUT2D eigenvalue weighted by atomic mass is 9.98. The Balaban J connectivity index is 1.67. The average Bonchev–Trinajstić information content (AvgIpc) is 3.19. The molecule has 2 N–H and O–H groups in total. The summed E-state index contributed by atoms with van der Waals surface area (Å²) in [6.07, 6.45) is 9.36. The molecule has 0 spiro atoms. The van der Waals surface area contributed by atoms with Gasteiger partial charge in [-0.25, -0.2) is 4.98 Å². The summed E-state index contributed by atoms with van der Waals surface area (Å²) in [5.74, 6) is 0.136. The van der Waals surface area contributed by atoms with E-state index in [1.807, 2.05) is 0 Å². The van der Waals surface area contributed by atoms with Crippen LogP contribution in [0.25, 0.3) is 6.08 Å². The molecule has 0 unspecified atom stereocenters. The van der Waals surface area contributed by atoms with E-state index in [0.29, 0.717) is 13.1 Å². The number of nitrogens with zero attached hydrogens (tertiary/aromatic N) is 1. The van der Waals surface area contributed by atoms with E-state index in [4.69, 9.17) is 0 Å². The van der Waals surface area contributed by atoms with Crippen molar-refractivity contribution in [1.29, 1.82) is 0 Å². The van der Waals surface area contributed by atoms with Gasteiger partial charge >= 0.3 is 0 Å². The SMILES string of the molecule is CC(C)(C)c1ncc(/C=C\C(=O)NCCNC(=O)C2CCCC2)s1. The van der Waals surface area contributed by atoms with Gasteiger partial charge in [0.15, 0.2) is 0 Å². The van der Waals surface area contributed by atoms with Crippen molar-refractivity contribution in [3.8, 4) is 0 Å². The lowest BCUT2D eigenvalue weighted by Gasteiger charge is -2.13. The van der Waals surface area contributed by atoms with Crippen molar-refractivity contribution in [3.05, 3.63) is 22.2 Å². The van der Waals surface area contributed by atoms with E-state index in [1.54, 1.807) is 23.6 Å². The number of thiazole rings is 1. The summed E-state index contributed by atoms with van der Waals surface area (Å²) in [5, 5.41) is 6.72. The van der Waals surface area contributed by atoms with Crippen LogP contribution >= 0.6 is 11.3 Å². The van der Waals surface area contributed by atoms with E-state index < -0.39 is 0 Å². The topological polar surface area (TPSA) is 71.1 Å². The Morgan fingerprint density at radius 1 is 1.25 bits per heavy atom. The molecule has 1 heterocycles. The molecule has 6 heteroatoms. The van der Waals surface area contributed by atoms with Crippen LogP contribution in [-0.4, -0.2) is 29.9 Å². The van der Waals surface area contributed by atoms with Crippen molar-refractivity contribution in [2.24, 2.45) is 5.92 Å². The fourth-order valence-corrected chi connectivity index (χ4v) is 3.51. The number of rotatable bonds is 6. The zero-order valence-electron chi connectivity index (χ0n) is 14.7. The summed E-state index contributed by atoms with van der Waals surface area (Å²) in [4.78, 5) is 29.0. The van der Waals surface area contributed by atoms with Crippen LogP contribution in [-0.2, 0) is 15.0 Å². The third-order valence-electron chi connectivity index (χ3n) is 4.01. The van der Waals surface area contributed by atoms with Crippen LogP contribution in [0.5, 0.6) is 0 Å². The summed E-state index contributed by atoms with van der Waals surface area (Å²) in [6.45, 7) is 7.27. The van der Waals surface area contributed by atoms with Crippen LogP contribution in [0.1, 0.15) is 56.3 Å². The molecule has 132 valence electrons. The molecule has 1 aliphatic carbocycles. The van der Waals surface area contributed by atoms with E-state index in [2.05, 4.69) is 36.4 Å². The predicted molar refractivity (Wildman–Crippen MR) is 97.8 cm³/mol. The normalized spacial score (nSPS) is 15.8. The van der Waals surface area contributed by atoms with Gasteiger partial charge < -0.3 is 10.6 Å². The Morgan fingerprint density at radius 2 is 1.92 bits per heavy atom. The minimum absolute atomic E-state index is 0.0243. The van der Waals surface area contributed by atoms with Gasteiger partial charge in [-0.15, -0.1) is 11.3 Å². The highest BCUT2D eigenvalue weighted by atomic mass is 32.1. The van der Waals surface area contributed by atoms with E-state index in [-0.39, 0.29) is 23.1 Å². The van der Waals surface area contributed by atoms with Crippen molar-refractivity contribution in [1.82, 2.24) is 15.6 Å². The fourth-order valence-electron chi connectivity index (χ4n) is 2.63. The highest BCUT2D eigenvalue weighted by Gasteiger charge is 2.21. The zero-order chi connectivity index (χ0) is 17.6. The van der Waals surface area contributed by atoms with Gasteiger partial charge in [0.1, 0.15) is 0 Å². The van der Waals surface area contributed by atoms with Gasteiger partial charge in [0.05, 0.1) is 5.01 Å². The number of carbonyl (C=O) groups is 2. The van der Waals surface area contributed by atoms with Crippen LogP contribution in [0.3, 0.4) is 0 Å². The first-order valence-electron chi connectivity index (χ1n) is 8.56. The number of hydrogen-bond acceptors (Lipinski definition) is 4. The van der Waals surface area contributed by atoms with E-state index in [0.717, 1.165) is 35.6 Å². The molecule has 1 aromatic rings. The van der Waals surface area contributed by atoms with E-state index in [9.17, 15) is 9.59 Å². The highest BCUT2D eigenvalue weighted by Crippen LogP contribution is 2.27. The molecule has 0 aromatic carbocycles. The molecule has 0 saturated heterocycles. The van der Waals surface area contributed by atoms with Gasteiger partial charge in [0.2, 0.25) is 11.8 Å². The molecule has 1 aromatic heterocycles. The Labute approximate surface area is 147 Å². The first kappa shape index (κ1) is 18.6. The molecule has 2 amide bonds. The maximum atomic E-state index is 11.8. The molecule has 24 heavy (non-hydrogen) atoms. The molecule has 1 fully saturated rings. The Morgan fingerprint density at radius 3 is 2.54 bits per heavy atom. The lowest BCUT2D eigenvalue weighted by Crippen LogP contribution is -2.36. The standard InChI is InChI=1S/C18H27N3O2S/c1-18(2,3)17-21-12-14(24-17)8-9-15(22)19-10-11-20-16(23)13-6-4-5-7-13/h8-9,12-13H,4-7,10-11H2,1-3H3,(H,19,22)(H,20,23)/b9-8-. The molecule has 0 atom stereocenters. The molecule has 2 rings (SSSR count). The highest BCUT2D eigenvalue weighted by molar-refractivity contribution is 7.12. The predicted octanol–water partition coefficient (Wildman–Crippen LogP) is 2.88. The molecule has 0 aliphatic heterocycles. The number of amides is 2. The van der Waals surface area contributed by atoms with Crippen molar-refractivity contribution in [2.75, 3.05) is 13.1 Å². The maximum absolute atomic E-state index is 11.8. The number of nitrogens with one attached hydrogen (secondary N) is 2. The van der Waals surface area contributed by atoms with Crippen molar-refractivity contribution < 1.29 is 9.59 Å². The van der Waals surface area contributed by atoms with Crippen molar-refractivity contribution in [2.45, 2.75) is 51.9 Å². The maximum Gasteiger partial charge on any atom is 0.244 e. The molecule has 5 nitrogen and oxygen atoms in total. The zero-order valence-corrected chi connectivity index (χ0v) is 15.5. The Bertz CT molecular complexity index is 596. The first-order valence-corrected chi connectivity index (χ1v) is 9.38. The van der Waals surface area contributed by atoms with Crippen LogP contribution in [0.2, 0.25) is 0 Å². The second-order valence-electron chi connectivity index (χ2n) is 7.21. The molecule has 0 bridgehead atoms. The minimum atomic E-state index is -0.157. The van der Waals surface area contributed by atoms with E-state index in [1.165, 1.54) is 6.08 Å². The Hall–Kier alpha value is -1.69. The summed E-state index contributed by atoms with van der Waals surface area (Å²) in [6, 6.07) is 0. The fraction of sp³-hybridized carbons (Fsp3) is 0.611. The van der Waals surface area contributed by atoms with Gasteiger partial charge in [-0.3, -0.25) is 9.59 Å². The first-order chi connectivity index (χ1) is 11.4. The third-order valence-corrected chi connectivity index (χ3v) is 5.40. The molecule has 1 saturated carbocycles. The van der Waals surface area contributed by atoms with Gasteiger partial charge in [0.25, 0.3) is 0 Å². The van der Waals surface area contributed by atoms with Crippen LogP contribution in [0, 0.1) is 5.92 Å². The van der Waals surface area contributed by atoms with Crippen LogP contribution < -0.4 is 10.6 Å². The summed E-state index contributed by atoms with van der Waals surface area (Å²) in [7, 11) is 0. The van der Waals surface area contributed by atoms with Gasteiger partial charge in [-0.1, -0.05) is 33.6 Å². The molecular weight excluding hydrogens is 322 g/mol. The van der Waals surface area contributed by atoms with Gasteiger partial charge in [0, 0.05) is 41.6 Å². The average molecular weight is 350 g/mol. The van der Waals surface area contributed by atoms with E-state index >= 15 is 0 Å². The third kappa shape index (κ3) is 5.74. The molecule has 1 aliphatic rings. The smallest absolute Gasteiger partial charge is 0.244 e. The summed E-state index contributed by atoms with van der Waals surface area (Å²) >= 11 is 1.59. The van der Waals surface area contributed by atoms with Crippen molar-refractivity contribution >= 4 is 29.2 Å². The largest absolute Gasteiger partial charge is 0.354 e. The summed E-state index contributed by atoms with van der Waals surface area (Å²) in [5.41, 5.74) is 0.0243. The second-order valence-corrected chi connectivity index (χ2v) is 8.28.